The van der Waals surface area contributed by atoms with Crippen LogP contribution in [0.2, 0.25) is 0 Å². The van der Waals surface area contributed by atoms with E-state index < -0.39 is 37.4 Å². The van der Waals surface area contributed by atoms with Crippen molar-refractivity contribution in [3.8, 4) is 0 Å². The highest BCUT2D eigenvalue weighted by Crippen LogP contribution is 2.32. The van der Waals surface area contributed by atoms with Crippen molar-refractivity contribution in [1.29, 1.82) is 0 Å². The zero-order valence-corrected chi connectivity index (χ0v) is 14.3. The van der Waals surface area contributed by atoms with E-state index in [1.54, 1.807) is 39.8 Å². The SMILES string of the molecule is Cc1cn([C@H]2C=C[C@@H](CO[P+](=O)OC(C)(C)C)O2)c(=O)[nH]c1=O. The summed E-state index contributed by atoms with van der Waals surface area (Å²) in [6.45, 7) is 6.96. The van der Waals surface area contributed by atoms with E-state index in [0.29, 0.717) is 5.56 Å². The summed E-state index contributed by atoms with van der Waals surface area (Å²) in [7, 11) is -2.25. The first-order valence-electron chi connectivity index (χ1n) is 7.11. The summed E-state index contributed by atoms with van der Waals surface area (Å²) < 4.78 is 28.8. The number of aromatic nitrogens is 2. The van der Waals surface area contributed by atoms with Gasteiger partial charge >= 0.3 is 13.9 Å². The van der Waals surface area contributed by atoms with Crippen molar-refractivity contribution in [1.82, 2.24) is 9.55 Å². The average Bonchev–Trinajstić information content (AvgIpc) is 2.87. The van der Waals surface area contributed by atoms with Crippen molar-refractivity contribution in [2.75, 3.05) is 6.61 Å². The third kappa shape index (κ3) is 4.94. The first kappa shape index (κ1) is 17.7. The fourth-order valence-corrected chi connectivity index (χ4v) is 2.67. The van der Waals surface area contributed by atoms with Gasteiger partial charge in [0.15, 0.2) is 6.23 Å². The van der Waals surface area contributed by atoms with E-state index in [4.69, 9.17) is 13.8 Å². The number of hydrogen-bond donors (Lipinski definition) is 1. The van der Waals surface area contributed by atoms with E-state index in [9.17, 15) is 14.2 Å². The van der Waals surface area contributed by atoms with Crippen LogP contribution in [0.1, 0.15) is 32.6 Å². The Hall–Kier alpha value is -1.60. The number of ether oxygens (including phenoxy) is 1. The van der Waals surface area contributed by atoms with Crippen molar-refractivity contribution < 1.29 is 18.3 Å². The molecule has 8 nitrogen and oxygen atoms in total. The number of nitrogens with one attached hydrogen (secondary N) is 1. The lowest BCUT2D eigenvalue weighted by Gasteiger charge is -2.15. The minimum atomic E-state index is -2.25. The second-order valence-electron chi connectivity index (χ2n) is 6.15. The first-order chi connectivity index (χ1) is 10.7. The molecule has 0 saturated carbocycles. The molecule has 1 N–H and O–H groups in total. The maximum absolute atomic E-state index is 11.8. The van der Waals surface area contributed by atoms with Gasteiger partial charge in [0, 0.05) is 16.3 Å². The van der Waals surface area contributed by atoms with Gasteiger partial charge in [-0.2, -0.15) is 0 Å². The highest BCUT2D eigenvalue weighted by Gasteiger charge is 2.32. The molecule has 0 saturated heterocycles. The van der Waals surface area contributed by atoms with Crippen LogP contribution in [0, 0.1) is 6.92 Å². The van der Waals surface area contributed by atoms with Gasteiger partial charge < -0.3 is 4.74 Å². The quantitative estimate of drug-likeness (QED) is 0.646. The molecular formula is C14H20N2O6P+. The molecule has 1 unspecified atom stereocenters. The third-order valence-corrected chi connectivity index (χ3v) is 3.97. The summed E-state index contributed by atoms with van der Waals surface area (Å²) in [5.74, 6) is 0. The fourth-order valence-electron chi connectivity index (χ4n) is 1.90. The van der Waals surface area contributed by atoms with Gasteiger partial charge in [0.05, 0.1) is 0 Å². The number of rotatable bonds is 5. The molecular weight excluding hydrogens is 323 g/mol. The summed E-state index contributed by atoms with van der Waals surface area (Å²) in [5.41, 5.74) is -1.14. The fraction of sp³-hybridized carbons (Fsp3) is 0.571. The van der Waals surface area contributed by atoms with Gasteiger partial charge in [0.25, 0.3) is 5.56 Å². The maximum Gasteiger partial charge on any atom is 0.698 e. The maximum atomic E-state index is 11.8. The average molecular weight is 343 g/mol. The molecule has 1 aromatic rings. The van der Waals surface area contributed by atoms with E-state index in [0.717, 1.165) is 0 Å². The van der Waals surface area contributed by atoms with Crippen molar-refractivity contribution in [3.63, 3.8) is 0 Å². The molecule has 0 spiro atoms. The topological polar surface area (TPSA) is 99.6 Å². The van der Waals surface area contributed by atoms with E-state index in [1.807, 2.05) is 0 Å². The molecule has 2 heterocycles. The number of hydrogen-bond acceptors (Lipinski definition) is 6. The summed E-state index contributed by atoms with van der Waals surface area (Å²) >= 11 is 0. The van der Waals surface area contributed by atoms with Gasteiger partial charge in [-0.05, 0) is 33.8 Å². The van der Waals surface area contributed by atoms with Crippen LogP contribution in [0.5, 0.6) is 0 Å². The largest absolute Gasteiger partial charge is 0.698 e. The van der Waals surface area contributed by atoms with Gasteiger partial charge in [0.2, 0.25) is 0 Å². The van der Waals surface area contributed by atoms with Gasteiger partial charge in [-0.25, -0.2) is 4.79 Å². The lowest BCUT2D eigenvalue weighted by Crippen LogP contribution is -2.33. The lowest BCUT2D eigenvalue weighted by atomic mass is 10.2. The highest BCUT2D eigenvalue weighted by atomic mass is 31.1. The molecule has 0 aromatic carbocycles. The Morgan fingerprint density at radius 1 is 1.35 bits per heavy atom. The van der Waals surface area contributed by atoms with Crippen LogP contribution in [0.15, 0.2) is 27.9 Å². The van der Waals surface area contributed by atoms with Gasteiger partial charge in [-0.1, -0.05) is 6.08 Å². The van der Waals surface area contributed by atoms with Crippen LogP contribution in [0.25, 0.3) is 0 Å². The molecule has 0 bridgehead atoms. The molecule has 0 radical (unpaired) electrons. The molecule has 1 aliphatic heterocycles. The summed E-state index contributed by atoms with van der Waals surface area (Å²) in [5, 5.41) is 0. The monoisotopic (exact) mass is 343 g/mol. The smallest absolute Gasteiger partial charge is 0.344 e. The highest BCUT2D eigenvalue weighted by molar-refractivity contribution is 7.33. The summed E-state index contributed by atoms with van der Waals surface area (Å²) in [6, 6.07) is 0. The number of nitrogens with zero attached hydrogens (tertiary/aromatic N) is 1. The van der Waals surface area contributed by atoms with E-state index in [-0.39, 0.29) is 6.61 Å². The van der Waals surface area contributed by atoms with Crippen LogP contribution in [0.3, 0.4) is 0 Å². The second kappa shape index (κ2) is 6.88. The molecule has 2 rings (SSSR count). The van der Waals surface area contributed by atoms with Gasteiger partial charge in [0.1, 0.15) is 18.3 Å². The Morgan fingerprint density at radius 3 is 2.70 bits per heavy atom. The van der Waals surface area contributed by atoms with Crippen molar-refractivity contribution in [2.45, 2.75) is 45.6 Å². The molecule has 1 aromatic heterocycles. The zero-order chi connectivity index (χ0) is 17.2. The predicted octanol–water partition coefficient (Wildman–Crippen LogP) is 1.79. The third-order valence-electron chi connectivity index (χ3n) is 2.92. The van der Waals surface area contributed by atoms with Crippen LogP contribution in [-0.4, -0.2) is 27.9 Å². The molecule has 126 valence electrons. The molecule has 0 fully saturated rings. The van der Waals surface area contributed by atoms with Crippen LogP contribution in [-0.2, 0) is 18.3 Å². The van der Waals surface area contributed by atoms with E-state index >= 15 is 0 Å². The molecule has 0 amide bonds. The van der Waals surface area contributed by atoms with Gasteiger partial charge in [-0.3, -0.25) is 14.3 Å². The molecule has 1 aliphatic rings. The van der Waals surface area contributed by atoms with Crippen LogP contribution < -0.4 is 11.2 Å². The van der Waals surface area contributed by atoms with E-state index in [2.05, 4.69) is 4.98 Å². The Morgan fingerprint density at radius 2 is 2.04 bits per heavy atom. The molecule has 23 heavy (non-hydrogen) atoms. The number of aryl methyl sites for hydroxylation is 1. The zero-order valence-electron chi connectivity index (χ0n) is 13.4. The number of H-pyrrole nitrogens is 1. The van der Waals surface area contributed by atoms with Crippen molar-refractivity contribution in [3.05, 3.63) is 44.8 Å². The normalized spacial score (nSPS) is 21.7. The second-order valence-corrected chi connectivity index (χ2v) is 7.04. The van der Waals surface area contributed by atoms with E-state index in [1.165, 1.54) is 10.8 Å². The Kier molecular flexibility index (Phi) is 5.31. The Labute approximate surface area is 134 Å². The molecule has 0 aliphatic carbocycles. The Bertz CT molecular complexity index is 730. The summed E-state index contributed by atoms with van der Waals surface area (Å²) in [6.07, 6.45) is 3.71. The first-order valence-corrected chi connectivity index (χ1v) is 8.20. The van der Waals surface area contributed by atoms with Gasteiger partial charge in [-0.15, -0.1) is 9.05 Å². The predicted molar refractivity (Wildman–Crippen MR) is 83.5 cm³/mol. The standard InChI is InChI=1S/C14H19N2O6P/c1-9-7-16(13(18)15-12(9)17)11-6-5-10(21-11)8-20-23(19)22-14(2,3)4/h5-7,10-11H,8H2,1-4H3/p+1/t10-,11+/m0/s1. The molecule has 9 heteroatoms. The summed E-state index contributed by atoms with van der Waals surface area (Å²) in [4.78, 5) is 25.4. The lowest BCUT2D eigenvalue weighted by molar-refractivity contribution is -0.00956. The minimum Gasteiger partial charge on any atom is -0.344 e. The number of aromatic amines is 1. The van der Waals surface area contributed by atoms with Crippen LogP contribution >= 0.6 is 8.25 Å². The minimum absolute atomic E-state index is 0.0371. The van der Waals surface area contributed by atoms with Crippen molar-refractivity contribution in [2.24, 2.45) is 0 Å². The van der Waals surface area contributed by atoms with Crippen LogP contribution in [0.4, 0.5) is 0 Å². The van der Waals surface area contributed by atoms with Crippen molar-refractivity contribution >= 4 is 8.25 Å². The molecule has 3 atom stereocenters. The Balaban J connectivity index is 1.94.